The van der Waals surface area contributed by atoms with Crippen molar-refractivity contribution in [3.8, 4) is 0 Å². The van der Waals surface area contributed by atoms with Crippen LogP contribution in [0.5, 0.6) is 0 Å². The third-order valence-corrected chi connectivity index (χ3v) is 3.82. The van der Waals surface area contributed by atoms with Crippen LogP contribution < -0.4 is 5.32 Å². The molecule has 1 aromatic rings. The molecule has 2 rings (SSSR count). The Balaban J connectivity index is 2.16. The number of carboxylic acids is 1. The normalized spacial score (nSPS) is 16.8. The third kappa shape index (κ3) is 2.13. The average molecular weight is 314 g/mol. The van der Waals surface area contributed by atoms with Gasteiger partial charge in [0.25, 0.3) is 0 Å². The molecule has 0 aromatic heterocycles. The van der Waals surface area contributed by atoms with Crippen molar-refractivity contribution in [2.75, 3.05) is 18.5 Å². The Bertz CT molecular complexity index is 511. The highest BCUT2D eigenvalue weighted by Gasteiger charge is 2.53. The van der Waals surface area contributed by atoms with Crippen molar-refractivity contribution in [3.05, 3.63) is 28.2 Å². The highest BCUT2D eigenvalue weighted by atomic mass is 79.9. The summed E-state index contributed by atoms with van der Waals surface area (Å²) in [6.45, 7) is 1.76. The van der Waals surface area contributed by atoms with Crippen LogP contribution >= 0.6 is 15.9 Å². The lowest BCUT2D eigenvalue weighted by Crippen LogP contribution is -2.57. The van der Waals surface area contributed by atoms with Crippen LogP contribution in [0.15, 0.2) is 22.7 Å². The molecule has 1 amide bonds. The fourth-order valence-electron chi connectivity index (χ4n) is 1.58. The number of hydrogen-bond acceptors (Lipinski definition) is 3. The predicted molar refractivity (Wildman–Crippen MR) is 68.4 cm³/mol. The number of nitrogens with one attached hydrogen (secondary N) is 1. The van der Waals surface area contributed by atoms with Gasteiger partial charge in [-0.15, -0.1) is 0 Å². The molecule has 0 aliphatic carbocycles. The van der Waals surface area contributed by atoms with Gasteiger partial charge in [-0.05, 0) is 24.6 Å². The van der Waals surface area contributed by atoms with Gasteiger partial charge >= 0.3 is 5.97 Å². The van der Waals surface area contributed by atoms with E-state index in [1.54, 1.807) is 12.1 Å². The Morgan fingerprint density at radius 1 is 1.44 bits per heavy atom. The molecule has 1 fully saturated rings. The van der Waals surface area contributed by atoms with Crippen molar-refractivity contribution in [1.82, 2.24) is 0 Å². The highest BCUT2D eigenvalue weighted by Crippen LogP contribution is 2.30. The molecule has 1 saturated heterocycles. The second-order valence-corrected chi connectivity index (χ2v) is 5.15. The number of aryl methyl sites for hydroxylation is 1. The molecule has 0 radical (unpaired) electrons. The minimum atomic E-state index is -1.45. The Hall–Kier alpha value is -1.40. The van der Waals surface area contributed by atoms with Crippen molar-refractivity contribution >= 4 is 33.5 Å². The second-order valence-electron chi connectivity index (χ2n) is 4.30. The zero-order chi connectivity index (χ0) is 13.3. The van der Waals surface area contributed by atoms with Crippen LogP contribution in [0.4, 0.5) is 5.69 Å². The van der Waals surface area contributed by atoms with E-state index in [1.165, 1.54) is 0 Å². The largest absolute Gasteiger partial charge is 0.480 e. The van der Waals surface area contributed by atoms with E-state index in [4.69, 9.17) is 9.84 Å². The van der Waals surface area contributed by atoms with Gasteiger partial charge in [0.2, 0.25) is 5.91 Å². The van der Waals surface area contributed by atoms with Gasteiger partial charge in [-0.2, -0.15) is 0 Å². The first-order chi connectivity index (χ1) is 8.45. The number of carbonyl (C=O) groups is 2. The van der Waals surface area contributed by atoms with Gasteiger partial charge in [0.1, 0.15) is 0 Å². The number of carbonyl (C=O) groups excluding carboxylic acids is 1. The molecule has 1 aliphatic rings. The Kier molecular flexibility index (Phi) is 3.41. The summed E-state index contributed by atoms with van der Waals surface area (Å²) in [6.07, 6.45) is 0. The molecular weight excluding hydrogens is 302 g/mol. The molecular formula is C12H12BrNO4. The predicted octanol–water partition coefficient (Wildman–Crippen LogP) is 1.80. The molecule has 0 atom stereocenters. The smallest absolute Gasteiger partial charge is 0.324 e. The minimum Gasteiger partial charge on any atom is -0.480 e. The second kappa shape index (κ2) is 4.70. The van der Waals surface area contributed by atoms with E-state index >= 15 is 0 Å². The average Bonchev–Trinajstić information content (AvgIpc) is 2.21. The number of rotatable bonds is 3. The summed E-state index contributed by atoms with van der Waals surface area (Å²) in [5.41, 5.74) is 0.148. The Morgan fingerprint density at radius 2 is 2.11 bits per heavy atom. The van der Waals surface area contributed by atoms with E-state index in [0.717, 1.165) is 10.0 Å². The molecule has 2 N–H and O–H groups in total. The van der Waals surface area contributed by atoms with Crippen LogP contribution in [-0.2, 0) is 14.3 Å². The van der Waals surface area contributed by atoms with Gasteiger partial charge in [0.15, 0.2) is 5.41 Å². The summed E-state index contributed by atoms with van der Waals surface area (Å²) in [4.78, 5) is 23.1. The van der Waals surface area contributed by atoms with Crippen LogP contribution in [0.25, 0.3) is 0 Å². The number of amides is 1. The lowest BCUT2D eigenvalue weighted by atomic mass is 9.85. The molecule has 1 heterocycles. The number of halogens is 1. The van der Waals surface area contributed by atoms with E-state index in [1.807, 2.05) is 13.0 Å². The summed E-state index contributed by atoms with van der Waals surface area (Å²) in [7, 11) is 0. The standard InChI is InChI=1S/C12H12BrNO4/c1-7-2-3-8(4-9(7)13)14-10(15)12(11(16)17)5-18-6-12/h2-4H,5-6H2,1H3,(H,14,15)(H,16,17). The molecule has 6 heteroatoms. The minimum absolute atomic E-state index is 0.0821. The van der Waals surface area contributed by atoms with E-state index < -0.39 is 17.3 Å². The van der Waals surface area contributed by atoms with Crippen molar-refractivity contribution in [2.45, 2.75) is 6.92 Å². The van der Waals surface area contributed by atoms with Crippen LogP contribution in [0.3, 0.4) is 0 Å². The number of anilines is 1. The number of aliphatic carboxylic acids is 1. The molecule has 1 aromatic carbocycles. The maximum absolute atomic E-state index is 12.0. The van der Waals surface area contributed by atoms with Crippen molar-refractivity contribution in [2.24, 2.45) is 5.41 Å². The van der Waals surface area contributed by atoms with Gasteiger partial charge in [-0.25, -0.2) is 0 Å². The quantitative estimate of drug-likeness (QED) is 0.834. The maximum Gasteiger partial charge on any atom is 0.324 e. The molecule has 0 unspecified atom stereocenters. The monoisotopic (exact) mass is 313 g/mol. The van der Waals surface area contributed by atoms with Crippen molar-refractivity contribution in [3.63, 3.8) is 0 Å². The van der Waals surface area contributed by atoms with Gasteiger partial charge < -0.3 is 15.2 Å². The Labute approximate surface area is 112 Å². The molecule has 0 saturated carbocycles. The summed E-state index contributed by atoms with van der Waals surface area (Å²) in [5, 5.41) is 11.7. The molecule has 1 aliphatic heterocycles. The van der Waals surface area contributed by atoms with Crippen LogP contribution in [-0.4, -0.2) is 30.2 Å². The molecule has 18 heavy (non-hydrogen) atoms. The summed E-state index contributed by atoms with van der Waals surface area (Å²) in [6, 6.07) is 5.31. The lowest BCUT2D eigenvalue weighted by molar-refractivity contribution is -0.182. The van der Waals surface area contributed by atoms with Gasteiger partial charge in [-0.3, -0.25) is 9.59 Å². The van der Waals surface area contributed by atoms with Gasteiger partial charge in [0, 0.05) is 10.2 Å². The zero-order valence-electron chi connectivity index (χ0n) is 9.70. The van der Waals surface area contributed by atoms with E-state index in [0.29, 0.717) is 5.69 Å². The molecule has 0 spiro atoms. The number of hydrogen-bond donors (Lipinski definition) is 2. The molecule has 96 valence electrons. The molecule has 0 bridgehead atoms. The van der Waals surface area contributed by atoms with E-state index in [2.05, 4.69) is 21.2 Å². The number of ether oxygens (including phenoxy) is 1. The fourth-order valence-corrected chi connectivity index (χ4v) is 1.96. The topological polar surface area (TPSA) is 75.6 Å². The van der Waals surface area contributed by atoms with Crippen LogP contribution in [0, 0.1) is 12.3 Å². The summed E-state index contributed by atoms with van der Waals surface area (Å²) in [5.74, 6) is -1.70. The van der Waals surface area contributed by atoms with Crippen LogP contribution in [0.2, 0.25) is 0 Å². The fraction of sp³-hybridized carbons (Fsp3) is 0.333. The Morgan fingerprint density at radius 3 is 2.56 bits per heavy atom. The number of carboxylic acid groups (broad SMARTS) is 1. The number of benzene rings is 1. The zero-order valence-corrected chi connectivity index (χ0v) is 11.3. The molecule has 5 nitrogen and oxygen atoms in total. The summed E-state index contributed by atoms with van der Waals surface area (Å²) >= 11 is 3.35. The van der Waals surface area contributed by atoms with Crippen molar-refractivity contribution < 1.29 is 19.4 Å². The maximum atomic E-state index is 12.0. The van der Waals surface area contributed by atoms with Crippen molar-refractivity contribution in [1.29, 1.82) is 0 Å². The summed E-state index contributed by atoms with van der Waals surface area (Å²) < 4.78 is 5.71. The van der Waals surface area contributed by atoms with E-state index in [-0.39, 0.29) is 13.2 Å². The SMILES string of the molecule is Cc1ccc(NC(=O)C2(C(=O)O)COC2)cc1Br. The highest BCUT2D eigenvalue weighted by molar-refractivity contribution is 9.10. The first-order valence-corrected chi connectivity index (χ1v) is 6.14. The van der Waals surface area contributed by atoms with Crippen LogP contribution in [0.1, 0.15) is 5.56 Å². The van der Waals surface area contributed by atoms with E-state index in [9.17, 15) is 9.59 Å². The third-order valence-electron chi connectivity index (χ3n) is 2.97. The lowest BCUT2D eigenvalue weighted by Gasteiger charge is -2.35. The van der Waals surface area contributed by atoms with Gasteiger partial charge in [-0.1, -0.05) is 22.0 Å². The van der Waals surface area contributed by atoms with Gasteiger partial charge in [0.05, 0.1) is 13.2 Å². The first-order valence-electron chi connectivity index (χ1n) is 5.34. The first kappa shape index (κ1) is 13.0.